The summed E-state index contributed by atoms with van der Waals surface area (Å²) in [6, 6.07) is 4.76. The number of amides is 1. The van der Waals surface area contributed by atoms with E-state index in [0.29, 0.717) is 10.6 Å². The molecule has 0 unspecified atom stereocenters. The van der Waals surface area contributed by atoms with Gasteiger partial charge in [-0.05, 0) is 38.3 Å². The first-order valence-corrected chi connectivity index (χ1v) is 6.69. The van der Waals surface area contributed by atoms with Crippen LogP contribution >= 0.6 is 11.6 Å². The number of benzene rings is 1. The van der Waals surface area contributed by atoms with Gasteiger partial charge in [0.25, 0.3) is 0 Å². The molecule has 0 radical (unpaired) electrons. The highest BCUT2D eigenvalue weighted by Crippen LogP contribution is 2.22. The first kappa shape index (κ1) is 13.3. The topological polar surface area (TPSA) is 20.3 Å². The lowest BCUT2D eigenvalue weighted by molar-refractivity contribution is -0.133. The highest BCUT2D eigenvalue weighted by Gasteiger charge is 2.24. The van der Waals surface area contributed by atoms with E-state index in [4.69, 9.17) is 11.6 Å². The van der Waals surface area contributed by atoms with Crippen molar-refractivity contribution in [2.75, 3.05) is 6.54 Å². The van der Waals surface area contributed by atoms with Gasteiger partial charge < -0.3 is 4.90 Å². The molecule has 18 heavy (non-hydrogen) atoms. The molecule has 2 rings (SSSR count). The van der Waals surface area contributed by atoms with Gasteiger partial charge in [0.1, 0.15) is 5.82 Å². The van der Waals surface area contributed by atoms with Crippen molar-refractivity contribution in [1.29, 1.82) is 0 Å². The maximum atomic E-state index is 13.6. The Morgan fingerprint density at radius 3 is 2.94 bits per heavy atom. The predicted octanol–water partition coefficient (Wildman–Crippen LogP) is 3.42. The molecular weight excluding hydrogens is 253 g/mol. The summed E-state index contributed by atoms with van der Waals surface area (Å²) in [7, 11) is 0. The molecule has 1 aromatic carbocycles. The number of nitrogens with zero attached hydrogens (tertiary/aromatic N) is 1. The van der Waals surface area contributed by atoms with Gasteiger partial charge in [-0.1, -0.05) is 17.7 Å². The van der Waals surface area contributed by atoms with E-state index in [2.05, 4.69) is 0 Å². The highest BCUT2D eigenvalue weighted by atomic mass is 35.5. The van der Waals surface area contributed by atoms with E-state index in [1.807, 2.05) is 11.8 Å². The number of hydrogen-bond donors (Lipinski definition) is 0. The van der Waals surface area contributed by atoms with Crippen molar-refractivity contribution in [2.45, 2.75) is 38.6 Å². The summed E-state index contributed by atoms with van der Waals surface area (Å²) >= 11 is 5.94. The van der Waals surface area contributed by atoms with Gasteiger partial charge in [-0.25, -0.2) is 4.39 Å². The van der Waals surface area contributed by atoms with Crippen molar-refractivity contribution in [2.24, 2.45) is 0 Å². The molecule has 4 heteroatoms. The lowest BCUT2D eigenvalue weighted by Gasteiger charge is -2.33. The summed E-state index contributed by atoms with van der Waals surface area (Å²) < 4.78 is 13.6. The quantitative estimate of drug-likeness (QED) is 0.806. The second kappa shape index (κ2) is 5.70. The van der Waals surface area contributed by atoms with Crippen LogP contribution in [0.1, 0.15) is 31.7 Å². The molecular formula is C14H17ClFNO. The normalized spacial score (nSPS) is 19.9. The first-order valence-electron chi connectivity index (χ1n) is 6.32. The number of carbonyl (C=O) groups excluding carboxylic acids is 1. The molecule has 1 saturated heterocycles. The van der Waals surface area contributed by atoms with Crippen molar-refractivity contribution in [3.8, 4) is 0 Å². The molecule has 1 aromatic rings. The Labute approximate surface area is 112 Å². The Hall–Kier alpha value is -1.09. The standard InChI is InChI=1S/C14H17ClFNO/c1-10-5-2-3-8-17(10)14(18)9-11-12(15)6-4-7-13(11)16/h4,6-7,10H,2-3,5,8-9H2,1H3/t10-/m1/s1. The fraction of sp³-hybridized carbons (Fsp3) is 0.500. The van der Waals surface area contributed by atoms with Crippen LogP contribution in [0.2, 0.25) is 5.02 Å². The minimum absolute atomic E-state index is 0.0331. The molecule has 1 fully saturated rings. The molecule has 0 N–H and O–H groups in total. The third-order valence-corrected chi connectivity index (χ3v) is 3.87. The Bertz CT molecular complexity index is 429. The van der Waals surface area contributed by atoms with Crippen molar-refractivity contribution in [1.82, 2.24) is 4.90 Å². The largest absolute Gasteiger partial charge is 0.340 e. The van der Waals surface area contributed by atoms with Crippen molar-refractivity contribution in [3.63, 3.8) is 0 Å². The van der Waals surface area contributed by atoms with Crippen LogP contribution in [-0.2, 0) is 11.2 Å². The van der Waals surface area contributed by atoms with Gasteiger partial charge in [0.15, 0.2) is 0 Å². The maximum Gasteiger partial charge on any atom is 0.227 e. The molecule has 2 nitrogen and oxygen atoms in total. The van der Waals surface area contributed by atoms with Gasteiger partial charge in [-0.2, -0.15) is 0 Å². The minimum Gasteiger partial charge on any atom is -0.340 e. The predicted molar refractivity (Wildman–Crippen MR) is 70.1 cm³/mol. The summed E-state index contributed by atoms with van der Waals surface area (Å²) in [5.41, 5.74) is 0.307. The monoisotopic (exact) mass is 269 g/mol. The number of rotatable bonds is 2. The summed E-state index contributed by atoms with van der Waals surface area (Å²) in [6.07, 6.45) is 3.26. The van der Waals surface area contributed by atoms with Crippen LogP contribution in [0.15, 0.2) is 18.2 Å². The van der Waals surface area contributed by atoms with Crippen LogP contribution in [-0.4, -0.2) is 23.4 Å². The number of halogens is 2. The molecule has 1 aliphatic heterocycles. The van der Waals surface area contributed by atoms with Gasteiger partial charge in [-0.15, -0.1) is 0 Å². The third kappa shape index (κ3) is 2.83. The van der Waals surface area contributed by atoms with Gasteiger partial charge in [0, 0.05) is 23.2 Å². The maximum absolute atomic E-state index is 13.6. The fourth-order valence-electron chi connectivity index (χ4n) is 2.42. The minimum atomic E-state index is -0.402. The van der Waals surface area contributed by atoms with Crippen LogP contribution in [0, 0.1) is 5.82 Å². The van der Waals surface area contributed by atoms with E-state index in [1.54, 1.807) is 12.1 Å². The summed E-state index contributed by atoms with van der Waals surface area (Å²) in [5.74, 6) is -0.435. The van der Waals surface area contributed by atoms with Crippen LogP contribution < -0.4 is 0 Å². The molecule has 1 aliphatic rings. The molecule has 1 heterocycles. The van der Waals surface area contributed by atoms with Crippen LogP contribution in [0.25, 0.3) is 0 Å². The fourth-order valence-corrected chi connectivity index (χ4v) is 2.65. The SMILES string of the molecule is C[C@@H]1CCCCN1C(=O)Cc1c(F)cccc1Cl. The summed E-state index contributed by atoms with van der Waals surface area (Å²) in [4.78, 5) is 14.0. The number of likely N-dealkylation sites (tertiary alicyclic amines) is 1. The molecule has 0 bridgehead atoms. The van der Waals surface area contributed by atoms with E-state index >= 15 is 0 Å². The molecule has 1 atom stereocenters. The Morgan fingerprint density at radius 2 is 2.28 bits per heavy atom. The second-order valence-electron chi connectivity index (χ2n) is 4.81. The average molecular weight is 270 g/mol. The Morgan fingerprint density at radius 1 is 1.50 bits per heavy atom. The van der Waals surface area contributed by atoms with E-state index in [-0.39, 0.29) is 18.4 Å². The van der Waals surface area contributed by atoms with Crippen LogP contribution in [0.4, 0.5) is 4.39 Å². The van der Waals surface area contributed by atoms with Crippen molar-refractivity contribution in [3.05, 3.63) is 34.6 Å². The number of hydrogen-bond acceptors (Lipinski definition) is 1. The lowest BCUT2D eigenvalue weighted by Crippen LogP contribution is -2.42. The summed E-state index contributed by atoms with van der Waals surface area (Å²) in [6.45, 7) is 2.81. The number of piperidine rings is 1. The second-order valence-corrected chi connectivity index (χ2v) is 5.22. The smallest absolute Gasteiger partial charge is 0.227 e. The van der Waals surface area contributed by atoms with Crippen molar-refractivity contribution < 1.29 is 9.18 Å². The van der Waals surface area contributed by atoms with Gasteiger partial charge in [0.05, 0.1) is 6.42 Å². The molecule has 98 valence electrons. The zero-order valence-electron chi connectivity index (χ0n) is 10.5. The van der Waals surface area contributed by atoms with E-state index in [0.717, 1.165) is 25.8 Å². The van der Waals surface area contributed by atoms with Gasteiger partial charge >= 0.3 is 0 Å². The molecule has 0 spiro atoms. The Kier molecular flexibility index (Phi) is 4.23. The zero-order chi connectivity index (χ0) is 13.1. The van der Waals surface area contributed by atoms with Gasteiger partial charge in [0.2, 0.25) is 5.91 Å². The van der Waals surface area contributed by atoms with E-state index in [9.17, 15) is 9.18 Å². The molecule has 0 aliphatic carbocycles. The number of carbonyl (C=O) groups is 1. The molecule has 0 saturated carbocycles. The zero-order valence-corrected chi connectivity index (χ0v) is 11.2. The van der Waals surface area contributed by atoms with E-state index < -0.39 is 5.82 Å². The van der Waals surface area contributed by atoms with Crippen LogP contribution in [0.5, 0.6) is 0 Å². The van der Waals surface area contributed by atoms with Crippen molar-refractivity contribution >= 4 is 17.5 Å². The average Bonchev–Trinajstić information content (AvgIpc) is 2.34. The van der Waals surface area contributed by atoms with Gasteiger partial charge in [-0.3, -0.25) is 4.79 Å². The summed E-state index contributed by atoms with van der Waals surface area (Å²) in [5, 5.41) is 0.327. The lowest BCUT2D eigenvalue weighted by atomic mass is 10.0. The molecule has 1 amide bonds. The van der Waals surface area contributed by atoms with E-state index in [1.165, 1.54) is 6.07 Å². The third-order valence-electron chi connectivity index (χ3n) is 3.51. The van der Waals surface area contributed by atoms with Crippen LogP contribution in [0.3, 0.4) is 0 Å². The first-order chi connectivity index (χ1) is 8.59. The highest BCUT2D eigenvalue weighted by molar-refractivity contribution is 6.31. The Balaban J connectivity index is 2.11. The molecule has 0 aromatic heterocycles.